The lowest BCUT2D eigenvalue weighted by Crippen LogP contribution is -2.56. The van der Waals surface area contributed by atoms with E-state index in [0.717, 1.165) is 0 Å². The number of nitrogens with two attached hydrogens (primary N) is 1. The summed E-state index contributed by atoms with van der Waals surface area (Å²) < 4.78 is 0. The largest absolute Gasteiger partial charge is 0.481 e. The summed E-state index contributed by atoms with van der Waals surface area (Å²) in [4.78, 5) is 57.5. The van der Waals surface area contributed by atoms with E-state index in [1.165, 1.54) is 13.8 Å². The van der Waals surface area contributed by atoms with Crippen molar-refractivity contribution < 1.29 is 34.2 Å². The zero-order chi connectivity index (χ0) is 21.3. The summed E-state index contributed by atoms with van der Waals surface area (Å²) in [5, 5.41) is 24.7. The molecule has 0 bridgehead atoms. The van der Waals surface area contributed by atoms with Gasteiger partial charge in [-0.05, 0) is 26.2 Å². The molecule has 0 aromatic heterocycles. The third kappa shape index (κ3) is 8.99. The number of carboxylic acid groups (broad SMARTS) is 2. The Balaban J connectivity index is 4.60. The molecule has 0 aromatic carbocycles. The van der Waals surface area contributed by atoms with Crippen LogP contribution in [0.25, 0.3) is 0 Å². The molecule has 0 fully saturated rings. The Bertz CT molecular complexity index is 579. The van der Waals surface area contributed by atoms with E-state index in [4.69, 9.17) is 15.9 Å². The summed E-state index contributed by atoms with van der Waals surface area (Å²) in [6.45, 7) is 6.01. The van der Waals surface area contributed by atoms with Crippen molar-refractivity contribution in [2.75, 3.05) is 0 Å². The summed E-state index contributed by atoms with van der Waals surface area (Å²) in [5.41, 5.74) is 5.55. The van der Waals surface area contributed by atoms with Crippen molar-refractivity contribution >= 4 is 29.7 Å². The highest BCUT2D eigenvalue weighted by Gasteiger charge is 2.28. The molecule has 0 radical (unpaired) electrons. The van der Waals surface area contributed by atoms with Crippen LogP contribution in [0.15, 0.2) is 0 Å². The van der Waals surface area contributed by atoms with Crippen molar-refractivity contribution in [3.8, 4) is 0 Å². The number of carbonyl (C=O) groups is 5. The second kappa shape index (κ2) is 11.1. The van der Waals surface area contributed by atoms with Crippen molar-refractivity contribution in [2.45, 2.75) is 64.7 Å². The summed E-state index contributed by atoms with van der Waals surface area (Å²) >= 11 is 0. The van der Waals surface area contributed by atoms with Crippen LogP contribution in [0.4, 0.5) is 0 Å². The Morgan fingerprint density at radius 2 is 1.26 bits per heavy atom. The van der Waals surface area contributed by atoms with Gasteiger partial charge in [-0.2, -0.15) is 0 Å². The first kappa shape index (κ1) is 24.3. The van der Waals surface area contributed by atoms with Crippen molar-refractivity contribution in [1.82, 2.24) is 16.0 Å². The molecule has 0 aliphatic heterocycles. The van der Waals surface area contributed by atoms with Gasteiger partial charge in [-0.3, -0.25) is 19.2 Å². The van der Waals surface area contributed by atoms with Crippen LogP contribution in [0.3, 0.4) is 0 Å². The number of hydrogen-bond donors (Lipinski definition) is 6. The molecule has 3 amide bonds. The van der Waals surface area contributed by atoms with Crippen LogP contribution in [0.5, 0.6) is 0 Å². The van der Waals surface area contributed by atoms with Crippen LogP contribution in [0.2, 0.25) is 0 Å². The van der Waals surface area contributed by atoms with Crippen LogP contribution in [-0.2, 0) is 24.0 Å². The Morgan fingerprint density at radius 3 is 1.67 bits per heavy atom. The first-order chi connectivity index (χ1) is 12.4. The van der Waals surface area contributed by atoms with Crippen LogP contribution < -0.4 is 21.7 Å². The van der Waals surface area contributed by atoms with E-state index in [9.17, 15) is 24.0 Å². The van der Waals surface area contributed by atoms with Crippen molar-refractivity contribution in [3.63, 3.8) is 0 Å². The lowest BCUT2D eigenvalue weighted by molar-refractivity contribution is -0.143. The van der Waals surface area contributed by atoms with E-state index < -0.39 is 53.8 Å². The van der Waals surface area contributed by atoms with E-state index in [2.05, 4.69) is 16.0 Å². The summed E-state index contributed by atoms with van der Waals surface area (Å²) in [7, 11) is 0. The molecule has 4 atom stereocenters. The second-order valence-corrected chi connectivity index (χ2v) is 6.57. The van der Waals surface area contributed by atoms with Gasteiger partial charge in [0, 0.05) is 6.42 Å². The lowest BCUT2D eigenvalue weighted by atomic mass is 10.0. The summed E-state index contributed by atoms with van der Waals surface area (Å²) in [6.07, 6.45) is -0.368. The molecule has 7 N–H and O–H groups in total. The average molecular weight is 388 g/mol. The molecule has 27 heavy (non-hydrogen) atoms. The minimum Gasteiger partial charge on any atom is -0.481 e. The maximum absolute atomic E-state index is 12.1. The molecular weight excluding hydrogens is 360 g/mol. The number of carbonyl (C=O) groups excluding carboxylic acids is 3. The highest BCUT2D eigenvalue weighted by Crippen LogP contribution is 2.02. The average Bonchev–Trinajstić information content (AvgIpc) is 2.55. The normalized spacial score (nSPS) is 15.2. The molecule has 4 unspecified atom stereocenters. The van der Waals surface area contributed by atoms with Crippen molar-refractivity contribution in [2.24, 2.45) is 11.7 Å². The predicted octanol–water partition coefficient (Wildman–Crippen LogP) is -1.59. The van der Waals surface area contributed by atoms with Gasteiger partial charge in [0.05, 0.1) is 6.04 Å². The SMILES string of the molecule is CC(NC(=O)C(N)CCC(=O)O)C(=O)NC(C)C(=O)NC(C(=O)O)C(C)C. The molecule has 0 aliphatic rings. The van der Waals surface area contributed by atoms with Crippen molar-refractivity contribution in [3.05, 3.63) is 0 Å². The maximum atomic E-state index is 12.1. The number of hydrogen-bond acceptors (Lipinski definition) is 6. The number of carboxylic acids is 2. The van der Waals surface area contributed by atoms with Gasteiger partial charge in [-0.25, -0.2) is 4.79 Å². The number of aliphatic carboxylic acids is 2. The van der Waals surface area contributed by atoms with Gasteiger partial charge in [0.2, 0.25) is 17.7 Å². The van der Waals surface area contributed by atoms with Gasteiger partial charge in [0.15, 0.2) is 0 Å². The Kier molecular flexibility index (Phi) is 10.0. The molecule has 0 rings (SSSR count). The van der Waals surface area contributed by atoms with E-state index in [1.54, 1.807) is 13.8 Å². The van der Waals surface area contributed by atoms with Crippen LogP contribution in [0, 0.1) is 5.92 Å². The molecule has 0 heterocycles. The van der Waals surface area contributed by atoms with Crippen LogP contribution in [0.1, 0.15) is 40.5 Å². The highest BCUT2D eigenvalue weighted by atomic mass is 16.4. The van der Waals surface area contributed by atoms with E-state index >= 15 is 0 Å². The molecule has 0 saturated carbocycles. The minimum atomic E-state index is -1.19. The quantitative estimate of drug-likeness (QED) is 0.244. The van der Waals surface area contributed by atoms with E-state index in [-0.39, 0.29) is 18.8 Å². The molecule has 0 spiro atoms. The fourth-order valence-corrected chi connectivity index (χ4v) is 1.99. The van der Waals surface area contributed by atoms with Gasteiger partial charge in [-0.15, -0.1) is 0 Å². The van der Waals surface area contributed by atoms with Gasteiger partial charge in [0.25, 0.3) is 0 Å². The fourth-order valence-electron chi connectivity index (χ4n) is 1.99. The van der Waals surface area contributed by atoms with Gasteiger partial charge >= 0.3 is 11.9 Å². The molecule has 0 saturated heterocycles. The first-order valence-corrected chi connectivity index (χ1v) is 8.48. The fraction of sp³-hybridized carbons (Fsp3) is 0.688. The van der Waals surface area contributed by atoms with Crippen LogP contribution in [-0.4, -0.2) is 64.0 Å². The topological polar surface area (TPSA) is 188 Å². The monoisotopic (exact) mass is 388 g/mol. The minimum absolute atomic E-state index is 0.0832. The van der Waals surface area contributed by atoms with Crippen LogP contribution >= 0.6 is 0 Å². The molecule has 154 valence electrons. The zero-order valence-electron chi connectivity index (χ0n) is 15.8. The predicted molar refractivity (Wildman–Crippen MR) is 94.5 cm³/mol. The molecule has 0 aliphatic carbocycles. The molecule has 11 nitrogen and oxygen atoms in total. The Morgan fingerprint density at radius 1 is 0.815 bits per heavy atom. The standard InChI is InChI=1S/C16H28N4O7/c1-7(2)12(16(26)27)20-14(24)9(4)18-13(23)8(3)19-15(25)10(17)5-6-11(21)22/h7-10,12H,5-6,17H2,1-4H3,(H,18,23)(H,19,25)(H,20,24)(H,21,22)(H,26,27). The summed E-state index contributed by atoms with van der Waals surface area (Å²) in [6, 6.07) is -4.23. The number of nitrogens with one attached hydrogen (secondary N) is 3. The third-order valence-corrected chi connectivity index (χ3v) is 3.74. The van der Waals surface area contributed by atoms with E-state index in [0.29, 0.717) is 0 Å². The molecule has 11 heteroatoms. The maximum Gasteiger partial charge on any atom is 0.326 e. The number of amides is 3. The second-order valence-electron chi connectivity index (χ2n) is 6.57. The van der Waals surface area contributed by atoms with Crippen molar-refractivity contribution in [1.29, 1.82) is 0 Å². The van der Waals surface area contributed by atoms with Gasteiger partial charge in [0.1, 0.15) is 18.1 Å². The lowest BCUT2D eigenvalue weighted by Gasteiger charge is -2.22. The first-order valence-electron chi connectivity index (χ1n) is 8.48. The zero-order valence-corrected chi connectivity index (χ0v) is 15.8. The third-order valence-electron chi connectivity index (χ3n) is 3.74. The van der Waals surface area contributed by atoms with Gasteiger partial charge in [-0.1, -0.05) is 13.8 Å². The summed E-state index contributed by atoms with van der Waals surface area (Å²) in [5.74, 6) is -4.67. The molecule has 0 aromatic rings. The van der Waals surface area contributed by atoms with E-state index in [1.807, 2.05) is 0 Å². The highest BCUT2D eigenvalue weighted by molar-refractivity contribution is 5.93. The Labute approximate surface area is 157 Å². The smallest absolute Gasteiger partial charge is 0.326 e. The molecular formula is C16H28N4O7. The van der Waals surface area contributed by atoms with Gasteiger partial charge < -0.3 is 31.9 Å². The number of rotatable bonds is 11. The Hall–Kier alpha value is -2.69.